The molecule has 1 aliphatic heterocycles. The first kappa shape index (κ1) is 13.4. The molecule has 1 fully saturated rings. The van der Waals surface area contributed by atoms with Gasteiger partial charge in [-0.1, -0.05) is 15.9 Å². The number of hydrogen-bond donors (Lipinski definition) is 1. The molecule has 0 aromatic carbocycles. The molecular weight excluding hydrogens is 276 g/mol. The van der Waals surface area contributed by atoms with Crippen LogP contribution in [0.2, 0.25) is 0 Å². The molecule has 1 unspecified atom stereocenters. The number of rotatable bonds is 5. The predicted octanol–water partition coefficient (Wildman–Crippen LogP) is 0.264. The fraction of sp³-hybridized carbons (Fsp3) is 0.800. The number of nitrogens with two attached hydrogens (primary N) is 1. The van der Waals surface area contributed by atoms with Crippen molar-refractivity contribution in [2.45, 2.75) is 25.3 Å². The molecule has 0 aromatic heterocycles. The molecule has 92 valence electrons. The summed E-state index contributed by atoms with van der Waals surface area (Å²) in [4.78, 5) is 24.5. The Labute approximate surface area is 103 Å². The lowest BCUT2D eigenvalue weighted by atomic mass is 10.1. The van der Waals surface area contributed by atoms with Gasteiger partial charge in [-0.25, -0.2) is 0 Å². The second-order valence-corrected chi connectivity index (χ2v) is 4.52. The summed E-state index contributed by atoms with van der Waals surface area (Å²) in [6.45, 7) is 1.16. The van der Waals surface area contributed by atoms with Gasteiger partial charge in [0.2, 0.25) is 11.8 Å². The summed E-state index contributed by atoms with van der Waals surface area (Å²) in [5.74, 6) is -0.499. The number of primary amides is 1. The maximum atomic E-state index is 11.8. The number of morpholine rings is 1. The van der Waals surface area contributed by atoms with E-state index in [0.29, 0.717) is 19.6 Å². The van der Waals surface area contributed by atoms with Crippen LogP contribution in [0.15, 0.2) is 0 Å². The molecule has 0 saturated carbocycles. The number of hydrogen-bond acceptors (Lipinski definition) is 3. The van der Waals surface area contributed by atoms with Crippen LogP contribution in [0.4, 0.5) is 0 Å². The van der Waals surface area contributed by atoms with Crippen molar-refractivity contribution in [1.29, 1.82) is 0 Å². The molecule has 0 aliphatic carbocycles. The lowest BCUT2D eigenvalue weighted by molar-refractivity contribution is -0.147. The van der Waals surface area contributed by atoms with Gasteiger partial charge in [0.1, 0.15) is 6.04 Å². The molecule has 0 radical (unpaired) electrons. The number of amides is 2. The van der Waals surface area contributed by atoms with Crippen molar-refractivity contribution < 1.29 is 14.3 Å². The minimum absolute atomic E-state index is 0.00644. The molecule has 1 aliphatic rings. The van der Waals surface area contributed by atoms with Crippen LogP contribution in [0.3, 0.4) is 0 Å². The van der Waals surface area contributed by atoms with Crippen LogP contribution >= 0.6 is 15.9 Å². The quantitative estimate of drug-likeness (QED) is 0.584. The number of ether oxygens (including phenoxy) is 1. The third-order valence-corrected chi connectivity index (χ3v) is 3.11. The second-order valence-electron chi connectivity index (χ2n) is 3.73. The van der Waals surface area contributed by atoms with Crippen molar-refractivity contribution in [3.8, 4) is 0 Å². The van der Waals surface area contributed by atoms with Gasteiger partial charge >= 0.3 is 0 Å². The Kier molecular flexibility index (Phi) is 5.76. The van der Waals surface area contributed by atoms with Crippen LogP contribution < -0.4 is 5.73 Å². The Morgan fingerprint density at radius 3 is 2.81 bits per heavy atom. The van der Waals surface area contributed by atoms with Crippen molar-refractivity contribution in [1.82, 2.24) is 4.90 Å². The molecule has 1 saturated heterocycles. The van der Waals surface area contributed by atoms with Gasteiger partial charge < -0.3 is 15.4 Å². The van der Waals surface area contributed by atoms with Crippen LogP contribution in [0.25, 0.3) is 0 Å². The lowest BCUT2D eigenvalue weighted by Crippen LogP contribution is -2.54. The topological polar surface area (TPSA) is 72.6 Å². The predicted molar refractivity (Wildman–Crippen MR) is 63.2 cm³/mol. The first-order chi connectivity index (χ1) is 7.66. The maximum Gasteiger partial charge on any atom is 0.242 e. The minimum atomic E-state index is -0.592. The molecule has 0 aromatic rings. The van der Waals surface area contributed by atoms with E-state index < -0.39 is 11.9 Å². The number of unbranched alkanes of at least 4 members (excludes halogenated alkanes) is 1. The number of carbonyl (C=O) groups excluding carboxylic acids is 2. The molecule has 1 rings (SSSR count). The zero-order valence-electron chi connectivity index (χ0n) is 9.15. The summed E-state index contributed by atoms with van der Waals surface area (Å²) >= 11 is 3.31. The van der Waals surface area contributed by atoms with Crippen molar-refractivity contribution >= 4 is 27.7 Å². The zero-order chi connectivity index (χ0) is 12.0. The van der Waals surface area contributed by atoms with E-state index in [-0.39, 0.29) is 12.5 Å². The number of halogens is 1. The van der Waals surface area contributed by atoms with E-state index in [9.17, 15) is 9.59 Å². The van der Waals surface area contributed by atoms with E-state index in [2.05, 4.69) is 15.9 Å². The first-order valence-corrected chi connectivity index (χ1v) is 6.51. The molecule has 5 nitrogen and oxygen atoms in total. The maximum absolute atomic E-state index is 11.8. The van der Waals surface area contributed by atoms with E-state index in [4.69, 9.17) is 10.5 Å². The Morgan fingerprint density at radius 2 is 2.19 bits per heavy atom. The van der Waals surface area contributed by atoms with Gasteiger partial charge in [0, 0.05) is 18.3 Å². The Hall–Kier alpha value is -0.620. The largest absolute Gasteiger partial charge is 0.377 e. The molecule has 6 heteroatoms. The number of carbonyl (C=O) groups is 2. The minimum Gasteiger partial charge on any atom is -0.377 e. The van der Waals surface area contributed by atoms with E-state index >= 15 is 0 Å². The molecule has 0 spiro atoms. The van der Waals surface area contributed by atoms with Gasteiger partial charge in [-0.05, 0) is 12.8 Å². The number of alkyl halides is 1. The van der Waals surface area contributed by atoms with Crippen LogP contribution in [-0.4, -0.2) is 47.8 Å². The van der Waals surface area contributed by atoms with Crippen molar-refractivity contribution in [3.05, 3.63) is 0 Å². The average Bonchev–Trinajstić information content (AvgIpc) is 2.29. The summed E-state index contributed by atoms with van der Waals surface area (Å²) in [7, 11) is 0. The smallest absolute Gasteiger partial charge is 0.242 e. The Morgan fingerprint density at radius 1 is 1.44 bits per heavy atom. The summed E-state index contributed by atoms with van der Waals surface area (Å²) in [5.41, 5.74) is 5.23. The summed E-state index contributed by atoms with van der Waals surface area (Å²) in [6.07, 6.45) is 2.25. The molecule has 0 bridgehead atoms. The van der Waals surface area contributed by atoms with Gasteiger partial charge in [-0.15, -0.1) is 0 Å². The Balaban J connectivity index is 2.47. The van der Waals surface area contributed by atoms with Gasteiger partial charge in [-0.3, -0.25) is 9.59 Å². The highest BCUT2D eigenvalue weighted by Gasteiger charge is 2.30. The van der Waals surface area contributed by atoms with Gasteiger partial charge in [0.15, 0.2) is 0 Å². The fourth-order valence-corrected chi connectivity index (χ4v) is 2.05. The van der Waals surface area contributed by atoms with Crippen LogP contribution in [0.1, 0.15) is 19.3 Å². The van der Waals surface area contributed by atoms with E-state index in [1.54, 1.807) is 4.90 Å². The van der Waals surface area contributed by atoms with E-state index in [1.807, 2.05) is 0 Å². The van der Waals surface area contributed by atoms with Crippen molar-refractivity contribution in [2.24, 2.45) is 5.73 Å². The standard InChI is InChI=1S/C10H17BrN2O3/c11-4-2-1-3-9(14)13-5-6-16-7-8(13)10(12)15/h8H,1-7H2,(H2,12,15). The molecule has 1 heterocycles. The first-order valence-electron chi connectivity index (χ1n) is 5.39. The summed E-state index contributed by atoms with van der Waals surface area (Å²) in [5, 5.41) is 0.892. The molecule has 2 amide bonds. The highest BCUT2D eigenvalue weighted by molar-refractivity contribution is 9.09. The number of nitrogens with zero attached hydrogens (tertiary/aromatic N) is 1. The van der Waals surface area contributed by atoms with E-state index in [0.717, 1.165) is 18.2 Å². The van der Waals surface area contributed by atoms with Crippen LogP contribution in [0.5, 0.6) is 0 Å². The van der Waals surface area contributed by atoms with Gasteiger partial charge in [0.25, 0.3) is 0 Å². The third kappa shape index (κ3) is 3.75. The highest BCUT2D eigenvalue weighted by atomic mass is 79.9. The fourth-order valence-electron chi connectivity index (χ4n) is 1.65. The van der Waals surface area contributed by atoms with Crippen molar-refractivity contribution in [2.75, 3.05) is 25.1 Å². The third-order valence-electron chi connectivity index (χ3n) is 2.55. The SMILES string of the molecule is NC(=O)C1COCCN1C(=O)CCCCBr. The van der Waals surface area contributed by atoms with Crippen LogP contribution in [-0.2, 0) is 14.3 Å². The average molecular weight is 293 g/mol. The summed E-state index contributed by atoms with van der Waals surface area (Å²) < 4.78 is 5.15. The second kappa shape index (κ2) is 6.85. The molecule has 1 atom stereocenters. The monoisotopic (exact) mass is 292 g/mol. The molecular formula is C10H17BrN2O3. The Bertz CT molecular complexity index is 260. The normalized spacial score (nSPS) is 20.8. The summed E-state index contributed by atoms with van der Waals surface area (Å²) in [6, 6.07) is -0.592. The highest BCUT2D eigenvalue weighted by Crippen LogP contribution is 2.10. The molecule has 16 heavy (non-hydrogen) atoms. The van der Waals surface area contributed by atoms with Gasteiger partial charge in [-0.2, -0.15) is 0 Å². The zero-order valence-corrected chi connectivity index (χ0v) is 10.7. The van der Waals surface area contributed by atoms with E-state index in [1.165, 1.54) is 0 Å². The lowest BCUT2D eigenvalue weighted by Gasteiger charge is -2.33. The van der Waals surface area contributed by atoms with Crippen LogP contribution in [0, 0.1) is 0 Å². The van der Waals surface area contributed by atoms with Gasteiger partial charge in [0.05, 0.1) is 13.2 Å². The molecule has 2 N–H and O–H groups in total. The van der Waals surface area contributed by atoms with Crippen molar-refractivity contribution in [3.63, 3.8) is 0 Å².